The zero-order valence-electron chi connectivity index (χ0n) is 19.7. The van der Waals surface area contributed by atoms with E-state index in [0.717, 1.165) is 31.4 Å². The Morgan fingerprint density at radius 1 is 0.971 bits per heavy atom. The molecule has 0 aromatic heterocycles. The molecule has 3 aliphatic rings. The third-order valence-electron chi connectivity index (χ3n) is 7.11. The molecule has 0 aliphatic carbocycles. The Labute approximate surface area is 204 Å². The monoisotopic (exact) mass is 474 g/mol. The normalized spacial score (nSPS) is 19.6. The number of anilines is 1. The predicted octanol–water partition coefficient (Wildman–Crippen LogP) is 2.58. The fraction of sp³-hybridized carbons (Fsp3) is 0.407. The van der Waals surface area contributed by atoms with Gasteiger partial charge in [-0.3, -0.25) is 19.2 Å². The Balaban J connectivity index is 1.23. The van der Waals surface area contributed by atoms with Crippen molar-refractivity contribution < 1.29 is 19.2 Å². The standard InChI is InChI=1S/C27H30N4O4/c32-24-9-4-15-29(24)16-5-14-28-25(33)20-12-10-19(11-13-20)18-31-22-7-2-1-6-21(22)26(34)30-17-3-8-23(30)27(31)35/h1-2,6-7,10-13,23H,3-5,8-9,14-18H2,(H,28,33)/t23-/m0/s1. The van der Waals surface area contributed by atoms with Gasteiger partial charge in [0.15, 0.2) is 0 Å². The zero-order chi connectivity index (χ0) is 24.4. The maximum atomic E-state index is 13.4. The molecular formula is C27H30N4O4. The second kappa shape index (κ2) is 9.90. The van der Waals surface area contributed by atoms with Gasteiger partial charge in [0.1, 0.15) is 6.04 Å². The molecule has 3 heterocycles. The first-order valence-corrected chi connectivity index (χ1v) is 12.4. The van der Waals surface area contributed by atoms with Gasteiger partial charge in [-0.15, -0.1) is 0 Å². The second-order valence-electron chi connectivity index (χ2n) is 9.39. The molecule has 0 bridgehead atoms. The Bertz CT molecular complexity index is 1150. The summed E-state index contributed by atoms with van der Waals surface area (Å²) in [4.78, 5) is 55.9. The number of amides is 4. The molecule has 182 valence electrons. The minimum absolute atomic E-state index is 0.0564. The number of rotatable bonds is 7. The summed E-state index contributed by atoms with van der Waals surface area (Å²) in [5.74, 6) is -0.103. The molecule has 2 saturated heterocycles. The molecule has 35 heavy (non-hydrogen) atoms. The van der Waals surface area contributed by atoms with Gasteiger partial charge in [-0.25, -0.2) is 0 Å². The molecule has 8 nitrogen and oxygen atoms in total. The first-order valence-electron chi connectivity index (χ1n) is 12.4. The van der Waals surface area contributed by atoms with E-state index in [1.54, 1.807) is 28.0 Å². The topological polar surface area (TPSA) is 90.0 Å². The van der Waals surface area contributed by atoms with Crippen molar-refractivity contribution in [3.8, 4) is 0 Å². The first kappa shape index (κ1) is 23.1. The van der Waals surface area contributed by atoms with E-state index in [2.05, 4.69) is 5.32 Å². The fourth-order valence-electron chi connectivity index (χ4n) is 5.23. The van der Waals surface area contributed by atoms with E-state index in [9.17, 15) is 19.2 Å². The highest BCUT2D eigenvalue weighted by molar-refractivity contribution is 6.11. The van der Waals surface area contributed by atoms with Crippen LogP contribution in [-0.2, 0) is 16.1 Å². The van der Waals surface area contributed by atoms with Crippen LogP contribution < -0.4 is 10.2 Å². The van der Waals surface area contributed by atoms with Gasteiger partial charge in [-0.2, -0.15) is 0 Å². The van der Waals surface area contributed by atoms with Crippen molar-refractivity contribution in [3.63, 3.8) is 0 Å². The van der Waals surface area contributed by atoms with Crippen LogP contribution in [0.25, 0.3) is 0 Å². The average molecular weight is 475 g/mol. The molecule has 2 aromatic rings. The smallest absolute Gasteiger partial charge is 0.256 e. The number of nitrogens with zero attached hydrogens (tertiary/aromatic N) is 3. The Morgan fingerprint density at radius 3 is 2.54 bits per heavy atom. The van der Waals surface area contributed by atoms with Crippen LogP contribution in [0.3, 0.4) is 0 Å². The maximum absolute atomic E-state index is 13.4. The Kier molecular flexibility index (Phi) is 6.53. The van der Waals surface area contributed by atoms with Crippen LogP contribution >= 0.6 is 0 Å². The second-order valence-corrected chi connectivity index (χ2v) is 9.39. The molecule has 0 spiro atoms. The van der Waals surface area contributed by atoms with Crippen molar-refractivity contribution in [1.82, 2.24) is 15.1 Å². The van der Waals surface area contributed by atoms with Crippen LogP contribution in [0.5, 0.6) is 0 Å². The third kappa shape index (κ3) is 4.65. The SMILES string of the molecule is O=C(NCCCN1CCCC1=O)c1ccc(CN2C(=O)[C@@H]3CCCN3C(=O)c3ccccc32)cc1. The summed E-state index contributed by atoms with van der Waals surface area (Å²) in [5.41, 5.74) is 2.62. The average Bonchev–Trinajstić information content (AvgIpc) is 3.52. The van der Waals surface area contributed by atoms with Gasteiger partial charge in [0.05, 0.1) is 17.8 Å². The minimum Gasteiger partial charge on any atom is -0.352 e. The molecular weight excluding hydrogens is 444 g/mol. The van der Waals surface area contributed by atoms with Crippen molar-refractivity contribution in [1.29, 1.82) is 0 Å². The highest BCUT2D eigenvalue weighted by Crippen LogP contribution is 2.33. The number of hydrogen-bond donors (Lipinski definition) is 1. The van der Waals surface area contributed by atoms with Gasteiger partial charge in [-0.1, -0.05) is 24.3 Å². The van der Waals surface area contributed by atoms with E-state index in [4.69, 9.17) is 0 Å². The van der Waals surface area contributed by atoms with Crippen LogP contribution in [0.1, 0.15) is 58.4 Å². The fourth-order valence-corrected chi connectivity index (χ4v) is 5.23. The molecule has 4 amide bonds. The van der Waals surface area contributed by atoms with E-state index in [-0.39, 0.29) is 23.6 Å². The highest BCUT2D eigenvalue weighted by Gasteiger charge is 2.41. The van der Waals surface area contributed by atoms with Gasteiger partial charge in [0, 0.05) is 38.2 Å². The number of carbonyl (C=O) groups is 4. The number of hydrogen-bond acceptors (Lipinski definition) is 4. The summed E-state index contributed by atoms with van der Waals surface area (Å²) < 4.78 is 0. The molecule has 0 radical (unpaired) electrons. The number of carbonyl (C=O) groups excluding carboxylic acids is 4. The van der Waals surface area contributed by atoms with E-state index in [1.165, 1.54) is 0 Å². The minimum atomic E-state index is -0.421. The summed E-state index contributed by atoms with van der Waals surface area (Å²) in [6, 6.07) is 14.1. The van der Waals surface area contributed by atoms with Crippen LogP contribution in [0.4, 0.5) is 5.69 Å². The molecule has 2 aromatic carbocycles. The quantitative estimate of drug-likeness (QED) is 0.625. The summed E-state index contributed by atoms with van der Waals surface area (Å²) >= 11 is 0. The number of para-hydroxylation sites is 1. The molecule has 0 saturated carbocycles. The number of benzene rings is 2. The van der Waals surface area contributed by atoms with Crippen LogP contribution in [-0.4, -0.2) is 65.6 Å². The molecule has 0 unspecified atom stereocenters. The molecule has 8 heteroatoms. The van der Waals surface area contributed by atoms with E-state index in [1.807, 2.05) is 35.2 Å². The lowest BCUT2D eigenvalue weighted by molar-refractivity contribution is -0.127. The lowest BCUT2D eigenvalue weighted by Crippen LogP contribution is -2.44. The van der Waals surface area contributed by atoms with E-state index in [0.29, 0.717) is 55.8 Å². The van der Waals surface area contributed by atoms with Crippen molar-refractivity contribution in [2.24, 2.45) is 0 Å². The summed E-state index contributed by atoms with van der Waals surface area (Å²) in [5, 5.41) is 2.91. The van der Waals surface area contributed by atoms with Crippen molar-refractivity contribution in [2.75, 3.05) is 31.1 Å². The van der Waals surface area contributed by atoms with Crippen LogP contribution in [0.2, 0.25) is 0 Å². The van der Waals surface area contributed by atoms with Crippen LogP contribution in [0, 0.1) is 0 Å². The largest absolute Gasteiger partial charge is 0.352 e. The maximum Gasteiger partial charge on any atom is 0.256 e. The summed E-state index contributed by atoms with van der Waals surface area (Å²) in [6.45, 7) is 2.93. The zero-order valence-corrected chi connectivity index (χ0v) is 19.7. The van der Waals surface area contributed by atoms with Crippen molar-refractivity contribution >= 4 is 29.3 Å². The molecule has 1 atom stereocenters. The molecule has 2 fully saturated rings. The Morgan fingerprint density at radius 2 is 1.77 bits per heavy atom. The number of fused-ring (bicyclic) bond motifs is 2. The predicted molar refractivity (Wildman–Crippen MR) is 131 cm³/mol. The summed E-state index contributed by atoms with van der Waals surface area (Å²) in [7, 11) is 0. The molecule has 5 rings (SSSR count). The van der Waals surface area contributed by atoms with Crippen molar-refractivity contribution in [2.45, 2.75) is 44.7 Å². The number of nitrogens with one attached hydrogen (secondary N) is 1. The lowest BCUT2D eigenvalue weighted by Gasteiger charge is -2.26. The van der Waals surface area contributed by atoms with Gasteiger partial charge in [0.25, 0.3) is 11.8 Å². The van der Waals surface area contributed by atoms with Crippen molar-refractivity contribution in [3.05, 3.63) is 65.2 Å². The van der Waals surface area contributed by atoms with Gasteiger partial charge >= 0.3 is 0 Å². The first-order chi connectivity index (χ1) is 17.0. The number of likely N-dealkylation sites (tertiary alicyclic amines) is 1. The van der Waals surface area contributed by atoms with Crippen LogP contribution in [0.15, 0.2) is 48.5 Å². The van der Waals surface area contributed by atoms with Gasteiger partial charge in [-0.05, 0) is 55.5 Å². The van der Waals surface area contributed by atoms with E-state index >= 15 is 0 Å². The summed E-state index contributed by atoms with van der Waals surface area (Å²) in [6.07, 6.45) is 3.78. The third-order valence-corrected chi connectivity index (χ3v) is 7.11. The highest BCUT2D eigenvalue weighted by atomic mass is 16.2. The van der Waals surface area contributed by atoms with Gasteiger partial charge < -0.3 is 20.0 Å². The van der Waals surface area contributed by atoms with E-state index < -0.39 is 6.04 Å². The lowest BCUT2D eigenvalue weighted by atomic mass is 10.1. The molecule has 1 N–H and O–H groups in total. The molecule has 3 aliphatic heterocycles. The Hall–Kier alpha value is -3.68. The van der Waals surface area contributed by atoms with Gasteiger partial charge in [0.2, 0.25) is 11.8 Å².